The molecule has 0 aromatic carbocycles. The van der Waals surface area contributed by atoms with Gasteiger partial charge < -0.3 is 9.47 Å². The lowest BCUT2D eigenvalue weighted by Gasteiger charge is -2.06. The summed E-state index contributed by atoms with van der Waals surface area (Å²) in [5.74, 6) is 0.631. The van der Waals surface area contributed by atoms with Crippen molar-refractivity contribution in [3.8, 4) is 5.88 Å². The molecule has 0 aliphatic heterocycles. The Hall–Kier alpha value is -1.68. The number of aromatic nitrogens is 2. The molecule has 92 valence electrons. The Morgan fingerprint density at radius 1 is 1.12 bits per heavy atom. The zero-order chi connectivity index (χ0) is 12.5. The summed E-state index contributed by atoms with van der Waals surface area (Å²) in [5.41, 5.74) is 0. The van der Waals surface area contributed by atoms with E-state index >= 15 is 0 Å². The minimum Gasteiger partial charge on any atom is -0.475 e. The fourth-order valence-electron chi connectivity index (χ4n) is 1.33. The number of ether oxygens (including phenoxy) is 2. The van der Waals surface area contributed by atoms with Crippen molar-refractivity contribution in [2.75, 3.05) is 20.3 Å². The van der Waals surface area contributed by atoms with Crippen molar-refractivity contribution >= 4 is 10.8 Å². The molecular weight excluding hydrogens is 216 g/mol. The van der Waals surface area contributed by atoms with Gasteiger partial charge in [-0.15, -0.1) is 0 Å². The summed E-state index contributed by atoms with van der Waals surface area (Å²) in [6, 6.07) is 3.80. The Morgan fingerprint density at radius 3 is 2.71 bits per heavy atom. The van der Waals surface area contributed by atoms with Gasteiger partial charge >= 0.3 is 0 Å². The molecule has 0 radical (unpaired) electrons. The fourth-order valence-corrected chi connectivity index (χ4v) is 1.33. The Bertz CT molecular complexity index is 441. The predicted molar refractivity (Wildman–Crippen MR) is 68.3 cm³/mol. The van der Waals surface area contributed by atoms with Crippen LogP contribution in [-0.2, 0) is 4.74 Å². The van der Waals surface area contributed by atoms with E-state index in [-0.39, 0.29) is 0 Å². The molecule has 2 aromatic rings. The van der Waals surface area contributed by atoms with Gasteiger partial charge in [-0.05, 0) is 12.1 Å². The van der Waals surface area contributed by atoms with Crippen molar-refractivity contribution in [2.45, 2.75) is 13.8 Å². The van der Waals surface area contributed by atoms with Crippen molar-refractivity contribution in [2.24, 2.45) is 0 Å². The number of pyridine rings is 2. The molecule has 0 amide bonds. The van der Waals surface area contributed by atoms with E-state index in [1.165, 1.54) is 0 Å². The van der Waals surface area contributed by atoms with Gasteiger partial charge in [0.2, 0.25) is 5.88 Å². The SMILES string of the molecule is CC.COCCOc1nccc2cnccc12. The van der Waals surface area contributed by atoms with Gasteiger partial charge in [0.25, 0.3) is 0 Å². The number of rotatable bonds is 4. The van der Waals surface area contributed by atoms with Crippen LogP contribution in [0.4, 0.5) is 0 Å². The van der Waals surface area contributed by atoms with Crippen LogP contribution in [0.2, 0.25) is 0 Å². The molecule has 17 heavy (non-hydrogen) atoms. The number of nitrogens with zero attached hydrogens (tertiary/aromatic N) is 2. The fraction of sp³-hybridized carbons (Fsp3) is 0.385. The van der Waals surface area contributed by atoms with Crippen LogP contribution in [0.25, 0.3) is 10.8 Å². The van der Waals surface area contributed by atoms with Crippen LogP contribution in [0.15, 0.2) is 30.7 Å². The van der Waals surface area contributed by atoms with Crippen molar-refractivity contribution in [1.29, 1.82) is 0 Å². The van der Waals surface area contributed by atoms with Gasteiger partial charge in [-0.25, -0.2) is 4.98 Å². The maximum absolute atomic E-state index is 5.50. The van der Waals surface area contributed by atoms with E-state index in [2.05, 4.69) is 9.97 Å². The summed E-state index contributed by atoms with van der Waals surface area (Å²) in [4.78, 5) is 8.22. The normalized spacial score (nSPS) is 9.59. The van der Waals surface area contributed by atoms with Crippen LogP contribution in [0, 0.1) is 0 Å². The van der Waals surface area contributed by atoms with E-state index < -0.39 is 0 Å². The number of methoxy groups -OCH3 is 1. The summed E-state index contributed by atoms with van der Waals surface area (Å²) in [6.07, 6.45) is 5.24. The third-order valence-corrected chi connectivity index (χ3v) is 2.05. The molecule has 0 unspecified atom stereocenters. The van der Waals surface area contributed by atoms with E-state index in [0.29, 0.717) is 19.1 Å². The summed E-state index contributed by atoms with van der Waals surface area (Å²) in [6.45, 7) is 5.06. The highest BCUT2D eigenvalue weighted by Gasteiger charge is 2.02. The number of hydrogen-bond donors (Lipinski definition) is 0. The van der Waals surface area contributed by atoms with Crippen molar-refractivity contribution in [3.05, 3.63) is 30.7 Å². The smallest absolute Gasteiger partial charge is 0.221 e. The lowest BCUT2D eigenvalue weighted by atomic mass is 10.2. The lowest BCUT2D eigenvalue weighted by Crippen LogP contribution is -2.05. The molecule has 4 nitrogen and oxygen atoms in total. The largest absolute Gasteiger partial charge is 0.475 e. The Balaban J connectivity index is 0.000000686. The monoisotopic (exact) mass is 234 g/mol. The summed E-state index contributed by atoms with van der Waals surface area (Å²) in [7, 11) is 1.64. The van der Waals surface area contributed by atoms with Crippen LogP contribution in [-0.4, -0.2) is 30.3 Å². The van der Waals surface area contributed by atoms with Gasteiger partial charge in [0.1, 0.15) is 6.61 Å². The Morgan fingerprint density at radius 2 is 1.94 bits per heavy atom. The van der Waals surface area contributed by atoms with Crippen LogP contribution >= 0.6 is 0 Å². The van der Waals surface area contributed by atoms with Gasteiger partial charge in [-0.3, -0.25) is 4.98 Å². The highest BCUT2D eigenvalue weighted by atomic mass is 16.5. The summed E-state index contributed by atoms with van der Waals surface area (Å²) < 4.78 is 10.4. The van der Waals surface area contributed by atoms with Crippen molar-refractivity contribution < 1.29 is 9.47 Å². The second kappa shape index (κ2) is 7.57. The van der Waals surface area contributed by atoms with Crippen molar-refractivity contribution in [3.63, 3.8) is 0 Å². The van der Waals surface area contributed by atoms with E-state index in [1.807, 2.05) is 26.0 Å². The second-order valence-corrected chi connectivity index (χ2v) is 3.05. The zero-order valence-corrected chi connectivity index (χ0v) is 10.5. The average Bonchev–Trinajstić information content (AvgIpc) is 2.42. The van der Waals surface area contributed by atoms with E-state index in [1.54, 1.807) is 25.7 Å². The van der Waals surface area contributed by atoms with Gasteiger partial charge in [-0.1, -0.05) is 13.8 Å². The molecule has 0 bridgehead atoms. The molecule has 4 heteroatoms. The van der Waals surface area contributed by atoms with Crippen LogP contribution < -0.4 is 4.74 Å². The molecule has 0 saturated carbocycles. The van der Waals surface area contributed by atoms with E-state index in [0.717, 1.165) is 10.8 Å². The Labute approximate surface area is 102 Å². The zero-order valence-electron chi connectivity index (χ0n) is 10.5. The minimum absolute atomic E-state index is 0.505. The second-order valence-electron chi connectivity index (χ2n) is 3.05. The van der Waals surface area contributed by atoms with Gasteiger partial charge in [0, 0.05) is 36.5 Å². The molecule has 0 aliphatic carbocycles. The van der Waals surface area contributed by atoms with Gasteiger partial charge in [0.15, 0.2) is 0 Å². The number of hydrogen-bond acceptors (Lipinski definition) is 4. The predicted octanol–water partition coefficient (Wildman–Crippen LogP) is 2.68. The van der Waals surface area contributed by atoms with Crippen LogP contribution in [0.5, 0.6) is 5.88 Å². The Kier molecular flexibility index (Phi) is 5.96. The average molecular weight is 234 g/mol. The molecule has 0 fully saturated rings. The first-order valence-corrected chi connectivity index (χ1v) is 5.72. The van der Waals surface area contributed by atoms with E-state index in [9.17, 15) is 0 Å². The summed E-state index contributed by atoms with van der Waals surface area (Å²) >= 11 is 0. The molecule has 0 aliphatic rings. The highest BCUT2D eigenvalue weighted by molar-refractivity contribution is 5.85. The molecule has 2 heterocycles. The van der Waals surface area contributed by atoms with Crippen LogP contribution in [0.1, 0.15) is 13.8 Å². The molecule has 2 aromatic heterocycles. The lowest BCUT2D eigenvalue weighted by molar-refractivity contribution is 0.144. The highest BCUT2D eigenvalue weighted by Crippen LogP contribution is 2.21. The van der Waals surface area contributed by atoms with Crippen molar-refractivity contribution in [1.82, 2.24) is 9.97 Å². The van der Waals surface area contributed by atoms with Crippen LogP contribution in [0.3, 0.4) is 0 Å². The first-order valence-electron chi connectivity index (χ1n) is 5.72. The molecule has 0 spiro atoms. The molecule has 0 N–H and O–H groups in total. The quantitative estimate of drug-likeness (QED) is 0.763. The van der Waals surface area contributed by atoms with Gasteiger partial charge in [0.05, 0.1) is 6.61 Å². The first-order chi connectivity index (χ1) is 8.42. The van der Waals surface area contributed by atoms with E-state index in [4.69, 9.17) is 9.47 Å². The topological polar surface area (TPSA) is 44.2 Å². The number of fused-ring (bicyclic) bond motifs is 1. The maximum Gasteiger partial charge on any atom is 0.221 e. The molecular formula is C13H18N2O2. The van der Waals surface area contributed by atoms with Gasteiger partial charge in [-0.2, -0.15) is 0 Å². The standard InChI is InChI=1S/C11H12N2O2.C2H6/c1-14-6-7-15-11-10-3-4-12-8-9(10)2-5-13-11;1-2/h2-5,8H,6-7H2,1H3;1-2H3. The molecule has 0 atom stereocenters. The summed E-state index contributed by atoms with van der Waals surface area (Å²) in [5, 5.41) is 2.00. The minimum atomic E-state index is 0.505. The maximum atomic E-state index is 5.50. The molecule has 0 saturated heterocycles. The molecule has 2 rings (SSSR count). The third-order valence-electron chi connectivity index (χ3n) is 2.05. The first kappa shape index (κ1) is 13.4. The third kappa shape index (κ3) is 3.67.